The highest BCUT2D eigenvalue weighted by Gasteiger charge is 2.55. The van der Waals surface area contributed by atoms with E-state index in [2.05, 4.69) is 0 Å². The van der Waals surface area contributed by atoms with Gasteiger partial charge in [-0.3, -0.25) is 9.59 Å². The molecule has 0 unspecified atom stereocenters. The summed E-state index contributed by atoms with van der Waals surface area (Å²) in [6, 6.07) is 4.19. The molecule has 0 atom stereocenters. The summed E-state index contributed by atoms with van der Waals surface area (Å²) >= 11 is 1.17. The first kappa shape index (κ1) is 21.1. The molecule has 3 aromatic rings. The monoisotopic (exact) mass is 468 g/mol. The molecule has 0 radical (unpaired) electrons. The molecule has 1 saturated heterocycles. The average Bonchev–Trinajstić information content (AvgIpc) is 3.47. The highest BCUT2D eigenvalue weighted by Crippen LogP contribution is 2.47. The number of thiophene rings is 1. The van der Waals surface area contributed by atoms with Gasteiger partial charge in [0.05, 0.1) is 24.0 Å². The largest absolute Gasteiger partial charge is 0.419 e. The Labute approximate surface area is 182 Å². The van der Waals surface area contributed by atoms with Gasteiger partial charge in [0.2, 0.25) is 5.91 Å². The molecular formula is C22H17F5N2O2S. The van der Waals surface area contributed by atoms with E-state index in [0.29, 0.717) is 10.8 Å². The van der Waals surface area contributed by atoms with Crippen molar-refractivity contribution in [2.75, 3.05) is 13.1 Å². The van der Waals surface area contributed by atoms with Crippen LogP contribution in [0.15, 0.2) is 40.6 Å². The van der Waals surface area contributed by atoms with Crippen LogP contribution in [-0.4, -0.2) is 34.1 Å². The third kappa shape index (κ3) is 3.50. The van der Waals surface area contributed by atoms with Gasteiger partial charge in [0.1, 0.15) is 18.0 Å². The molecule has 3 heterocycles. The number of alkyl halides is 4. The molecule has 168 valence electrons. The predicted octanol–water partition coefficient (Wildman–Crippen LogP) is 4.85. The molecule has 5 rings (SSSR count). The summed E-state index contributed by atoms with van der Waals surface area (Å²) in [6.07, 6.45) is -1.77. The maximum Gasteiger partial charge on any atom is 0.419 e. The second-order valence-corrected chi connectivity index (χ2v) is 9.30. The first-order chi connectivity index (χ1) is 15.1. The van der Waals surface area contributed by atoms with Gasteiger partial charge >= 0.3 is 6.18 Å². The number of fused-ring (bicyclic) bond motifs is 1. The van der Waals surface area contributed by atoms with E-state index in [1.807, 2.05) is 0 Å². The molecular weight excluding hydrogens is 451 g/mol. The zero-order chi connectivity index (χ0) is 22.8. The third-order valence-corrected chi connectivity index (χ3v) is 7.11. The lowest BCUT2D eigenvalue weighted by molar-refractivity contribution is -0.148. The van der Waals surface area contributed by atoms with Crippen molar-refractivity contribution in [3.05, 3.63) is 57.6 Å². The molecule has 32 heavy (non-hydrogen) atoms. The van der Waals surface area contributed by atoms with Gasteiger partial charge in [-0.25, -0.2) is 8.78 Å². The first-order valence-corrected chi connectivity index (χ1v) is 10.9. The summed E-state index contributed by atoms with van der Waals surface area (Å²) in [5.74, 6) is -1.77. The van der Waals surface area contributed by atoms with Gasteiger partial charge in [-0.2, -0.15) is 13.2 Å². The molecule has 1 amide bonds. The van der Waals surface area contributed by atoms with E-state index in [1.54, 1.807) is 6.07 Å². The first-order valence-electron chi connectivity index (χ1n) is 10.0. The van der Waals surface area contributed by atoms with E-state index in [4.69, 9.17) is 0 Å². The normalized spacial score (nSPS) is 18.1. The van der Waals surface area contributed by atoms with Crippen molar-refractivity contribution in [1.29, 1.82) is 0 Å². The fourth-order valence-electron chi connectivity index (χ4n) is 4.20. The maximum atomic E-state index is 14.5. The molecule has 0 N–H and O–H groups in total. The minimum absolute atomic E-state index is 0.0104. The van der Waals surface area contributed by atoms with Gasteiger partial charge in [-0.05, 0) is 42.5 Å². The van der Waals surface area contributed by atoms with Crippen molar-refractivity contribution in [1.82, 2.24) is 9.47 Å². The van der Waals surface area contributed by atoms with Gasteiger partial charge in [0.25, 0.3) is 5.56 Å². The number of hydrogen-bond acceptors (Lipinski definition) is 3. The lowest BCUT2D eigenvalue weighted by Gasteiger charge is -2.45. The summed E-state index contributed by atoms with van der Waals surface area (Å²) in [6.45, 7) is -0.248. The summed E-state index contributed by atoms with van der Waals surface area (Å²) in [5, 5.41) is 1.69. The number of nitrogens with zero attached hydrogens (tertiary/aromatic N) is 2. The molecule has 4 nitrogen and oxygen atoms in total. The molecule has 1 aliphatic heterocycles. The van der Waals surface area contributed by atoms with Crippen molar-refractivity contribution in [2.24, 2.45) is 5.92 Å². The Morgan fingerprint density at radius 2 is 1.91 bits per heavy atom. The Hall–Kier alpha value is -2.75. The van der Waals surface area contributed by atoms with Crippen molar-refractivity contribution in [3.63, 3.8) is 0 Å². The highest BCUT2D eigenvalue weighted by molar-refractivity contribution is 7.17. The Balaban J connectivity index is 1.45. The predicted molar refractivity (Wildman–Crippen MR) is 110 cm³/mol. The van der Waals surface area contributed by atoms with Crippen LogP contribution in [0.2, 0.25) is 0 Å². The molecule has 0 spiro atoms. The summed E-state index contributed by atoms with van der Waals surface area (Å²) in [4.78, 5) is 27.0. The fourth-order valence-corrected chi connectivity index (χ4v) is 5.15. The minimum atomic E-state index is -4.87. The molecule has 1 aromatic carbocycles. The van der Waals surface area contributed by atoms with Gasteiger partial charge in [0.15, 0.2) is 0 Å². The quantitative estimate of drug-likeness (QED) is 0.514. The molecule has 2 aromatic heterocycles. The second kappa shape index (κ2) is 7.13. The molecule has 1 aliphatic carbocycles. The number of carbonyl (C=O) groups is 1. The van der Waals surface area contributed by atoms with Gasteiger partial charge in [0, 0.05) is 21.8 Å². The van der Waals surface area contributed by atoms with Crippen LogP contribution in [-0.2, 0) is 17.5 Å². The van der Waals surface area contributed by atoms with Crippen LogP contribution in [0.3, 0.4) is 0 Å². The standard InChI is InChI=1S/C22H17F5N2O2S/c23-16-4-1-12(7-15(16)22(25,26)27)14-9-32-17-5-6-28(20(31)19(14)17)8-18(30)29-10-21(24,11-29)13-2-3-13/h1,4-7,9,13H,2-3,8,10-11H2. The van der Waals surface area contributed by atoms with E-state index in [-0.39, 0.29) is 42.1 Å². The average molecular weight is 468 g/mol. The fraction of sp³-hybridized carbons (Fsp3) is 0.364. The van der Waals surface area contributed by atoms with Crippen molar-refractivity contribution in [3.8, 4) is 11.1 Å². The second-order valence-electron chi connectivity index (χ2n) is 8.39. The number of rotatable bonds is 4. The van der Waals surface area contributed by atoms with Gasteiger partial charge in [-0.1, -0.05) is 6.07 Å². The van der Waals surface area contributed by atoms with Crippen LogP contribution in [0, 0.1) is 11.7 Å². The van der Waals surface area contributed by atoms with E-state index in [9.17, 15) is 31.5 Å². The highest BCUT2D eigenvalue weighted by atomic mass is 32.1. The molecule has 10 heteroatoms. The number of pyridine rings is 1. The minimum Gasteiger partial charge on any atom is -0.335 e. The van der Waals surface area contributed by atoms with Crippen LogP contribution >= 0.6 is 11.3 Å². The van der Waals surface area contributed by atoms with Crippen molar-refractivity contribution in [2.45, 2.75) is 31.2 Å². The Kier molecular flexibility index (Phi) is 4.70. The number of hydrogen-bond donors (Lipinski definition) is 0. The Morgan fingerprint density at radius 3 is 2.56 bits per heavy atom. The number of likely N-dealkylation sites (tertiary alicyclic amines) is 1. The third-order valence-electron chi connectivity index (χ3n) is 6.16. The van der Waals surface area contributed by atoms with Crippen LogP contribution in [0.1, 0.15) is 18.4 Å². The molecule has 2 fully saturated rings. The number of benzene rings is 1. The van der Waals surface area contributed by atoms with Crippen LogP contribution in [0.5, 0.6) is 0 Å². The van der Waals surface area contributed by atoms with E-state index in [1.165, 1.54) is 38.4 Å². The molecule has 1 saturated carbocycles. The number of carbonyl (C=O) groups excluding carboxylic acids is 1. The molecule has 0 bridgehead atoms. The number of amides is 1. The zero-order valence-electron chi connectivity index (χ0n) is 16.6. The number of halogens is 5. The summed E-state index contributed by atoms with van der Waals surface area (Å²) < 4.78 is 69.3. The lowest BCUT2D eigenvalue weighted by Crippen LogP contribution is -2.62. The smallest absolute Gasteiger partial charge is 0.335 e. The van der Waals surface area contributed by atoms with Crippen LogP contribution in [0.25, 0.3) is 21.2 Å². The summed E-state index contributed by atoms with van der Waals surface area (Å²) in [7, 11) is 0. The van der Waals surface area contributed by atoms with Gasteiger partial charge < -0.3 is 9.47 Å². The van der Waals surface area contributed by atoms with Crippen molar-refractivity contribution >= 4 is 27.3 Å². The molecule has 2 aliphatic rings. The van der Waals surface area contributed by atoms with E-state index >= 15 is 0 Å². The van der Waals surface area contributed by atoms with Gasteiger partial charge in [-0.15, -0.1) is 11.3 Å². The number of aromatic nitrogens is 1. The Morgan fingerprint density at radius 1 is 1.19 bits per heavy atom. The Bertz CT molecular complexity index is 1290. The topological polar surface area (TPSA) is 42.3 Å². The van der Waals surface area contributed by atoms with Crippen molar-refractivity contribution < 1.29 is 26.7 Å². The lowest BCUT2D eigenvalue weighted by atomic mass is 9.91. The van der Waals surface area contributed by atoms with E-state index in [0.717, 1.165) is 18.9 Å². The maximum absolute atomic E-state index is 14.5. The zero-order valence-corrected chi connectivity index (χ0v) is 17.4. The summed E-state index contributed by atoms with van der Waals surface area (Å²) in [5.41, 5.74) is -2.99. The van der Waals surface area contributed by atoms with Crippen LogP contribution < -0.4 is 5.56 Å². The SMILES string of the molecule is O=C(Cn1ccc2scc(-c3ccc(F)c(C(F)(F)F)c3)c2c1=O)N1CC(F)(C2CC2)C1. The van der Waals surface area contributed by atoms with E-state index < -0.39 is 34.7 Å². The van der Waals surface area contributed by atoms with Crippen LogP contribution in [0.4, 0.5) is 22.0 Å².